The molecule has 1 N–H and O–H groups in total. The first-order valence-corrected chi connectivity index (χ1v) is 10.2. The Morgan fingerprint density at radius 1 is 1.21 bits per heavy atom. The number of halogens is 1. The number of rotatable bonds is 4. The zero-order valence-electron chi connectivity index (χ0n) is 13.4. The van der Waals surface area contributed by atoms with E-state index in [1.165, 1.54) is 11.1 Å². The van der Waals surface area contributed by atoms with Crippen molar-refractivity contribution >= 4 is 33.4 Å². The maximum Gasteiger partial charge on any atom is 0.170 e. The van der Waals surface area contributed by atoms with E-state index >= 15 is 0 Å². The van der Waals surface area contributed by atoms with E-state index in [0.717, 1.165) is 28.1 Å². The third-order valence-electron chi connectivity index (χ3n) is 4.39. The number of hydrogen-bond donors (Lipinski definition) is 1. The average Bonchev–Trinajstić information content (AvgIpc) is 3.05. The van der Waals surface area contributed by atoms with Crippen LogP contribution >= 0.6 is 27.7 Å². The fraction of sp³-hybridized carbons (Fsp3) is 0.263. The summed E-state index contributed by atoms with van der Waals surface area (Å²) in [4.78, 5) is 0. The van der Waals surface area contributed by atoms with Crippen LogP contribution in [0.15, 0.2) is 59.1 Å². The van der Waals surface area contributed by atoms with Crippen LogP contribution in [0.2, 0.25) is 0 Å². The minimum atomic E-state index is 0.0400. The first-order chi connectivity index (χ1) is 11.8. The summed E-state index contributed by atoms with van der Waals surface area (Å²) in [6.07, 6.45) is 5.46. The summed E-state index contributed by atoms with van der Waals surface area (Å²) in [5, 5.41) is 2.24. The predicted molar refractivity (Wildman–Crippen MR) is 104 cm³/mol. The Morgan fingerprint density at radius 3 is 2.92 bits per heavy atom. The number of hydrazine groups is 1. The van der Waals surface area contributed by atoms with Crippen molar-refractivity contribution in [3.8, 4) is 5.75 Å². The van der Waals surface area contributed by atoms with Crippen molar-refractivity contribution in [2.24, 2.45) is 0 Å². The lowest BCUT2D eigenvalue weighted by Crippen LogP contribution is -2.48. The Hall–Kier alpha value is -1.43. The van der Waals surface area contributed by atoms with Gasteiger partial charge in [0.15, 0.2) is 6.23 Å². The molecule has 0 spiro atoms. The second-order valence-electron chi connectivity index (χ2n) is 5.95. The number of para-hydroxylation sites is 1. The Kier molecular flexibility index (Phi) is 4.57. The molecule has 2 aliphatic heterocycles. The van der Waals surface area contributed by atoms with Crippen LogP contribution in [-0.2, 0) is 0 Å². The monoisotopic (exact) mass is 402 g/mol. The fourth-order valence-electron chi connectivity index (χ4n) is 3.24. The van der Waals surface area contributed by atoms with Gasteiger partial charge < -0.3 is 10.2 Å². The van der Waals surface area contributed by atoms with Crippen molar-refractivity contribution in [3.63, 3.8) is 0 Å². The molecule has 0 unspecified atom stereocenters. The molecular formula is C19H19BrN2OS. The maximum absolute atomic E-state index is 6.26. The van der Waals surface area contributed by atoms with Crippen LogP contribution in [0.4, 0.5) is 0 Å². The summed E-state index contributed by atoms with van der Waals surface area (Å²) in [5.41, 5.74) is 7.11. The molecule has 4 rings (SSSR count). The van der Waals surface area contributed by atoms with Crippen molar-refractivity contribution in [3.05, 3.63) is 70.2 Å². The quantitative estimate of drug-likeness (QED) is 0.791. The third-order valence-corrected chi connectivity index (χ3v) is 5.53. The van der Waals surface area contributed by atoms with Crippen molar-refractivity contribution in [1.82, 2.24) is 10.4 Å². The highest BCUT2D eigenvalue weighted by molar-refractivity contribution is 9.10. The Labute approximate surface area is 155 Å². The van der Waals surface area contributed by atoms with Gasteiger partial charge in [-0.1, -0.05) is 46.3 Å². The number of nitrogens with one attached hydrogen (secondary N) is 1. The lowest BCUT2D eigenvalue weighted by atomic mass is 10.0. The molecule has 5 heteroatoms. The number of nitrogens with zero attached hydrogens (tertiary/aromatic N) is 1. The van der Waals surface area contributed by atoms with Gasteiger partial charge in [-0.2, -0.15) is 16.8 Å². The summed E-state index contributed by atoms with van der Waals surface area (Å²) in [6.45, 7) is 0. The van der Waals surface area contributed by atoms with Crippen LogP contribution < -0.4 is 10.2 Å². The highest BCUT2D eigenvalue weighted by Crippen LogP contribution is 2.42. The molecule has 2 aromatic carbocycles. The Morgan fingerprint density at radius 2 is 2.08 bits per heavy atom. The van der Waals surface area contributed by atoms with Crippen LogP contribution in [0.3, 0.4) is 0 Å². The third kappa shape index (κ3) is 2.96. The standard InChI is InChI=1S/C19H19BrN2OS/c1-24-10-9-19-22-17(15-7-2-3-8-18(15)23-19)12-16(21-22)13-5-4-6-14(20)11-13/h2-8,11-12,17,19,21H,9-10H2,1H3/t17-,19+/m0/s1. The predicted octanol–water partition coefficient (Wildman–Crippen LogP) is 4.82. The number of hydrogen-bond acceptors (Lipinski definition) is 4. The van der Waals surface area contributed by atoms with E-state index in [0.29, 0.717) is 0 Å². The van der Waals surface area contributed by atoms with Gasteiger partial charge in [0.25, 0.3) is 0 Å². The van der Waals surface area contributed by atoms with Crippen LogP contribution in [-0.4, -0.2) is 23.2 Å². The molecule has 2 heterocycles. The van der Waals surface area contributed by atoms with E-state index in [4.69, 9.17) is 4.74 Å². The first kappa shape index (κ1) is 16.1. The summed E-state index contributed by atoms with van der Waals surface area (Å²) in [5.74, 6) is 2.07. The molecule has 0 radical (unpaired) electrons. The van der Waals surface area contributed by atoms with Gasteiger partial charge in [-0.05, 0) is 41.8 Å². The molecule has 2 aromatic rings. The minimum absolute atomic E-state index is 0.0400. The van der Waals surface area contributed by atoms with Gasteiger partial charge in [0.05, 0.1) is 11.7 Å². The Bertz CT molecular complexity index is 779. The van der Waals surface area contributed by atoms with Crippen molar-refractivity contribution < 1.29 is 4.74 Å². The highest BCUT2D eigenvalue weighted by Gasteiger charge is 2.38. The summed E-state index contributed by atoms with van der Waals surface area (Å²) in [7, 11) is 0. The van der Waals surface area contributed by atoms with Gasteiger partial charge in [0.1, 0.15) is 5.75 Å². The van der Waals surface area contributed by atoms with Crippen LogP contribution in [0.25, 0.3) is 5.70 Å². The second-order valence-corrected chi connectivity index (χ2v) is 7.85. The molecule has 2 aliphatic rings. The molecule has 24 heavy (non-hydrogen) atoms. The zero-order valence-corrected chi connectivity index (χ0v) is 15.8. The van der Waals surface area contributed by atoms with E-state index in [-0.39, 0.29) is 12.3 Å². The average molecular weight is 403 g/mol. The molecule has 3 nitrogen and oxygen atoms in total. The number of benzene rings is 2. The smallest absolute Gasteiger partial charge is 0.170 e. The summed E-state index contributed by atoms with van der Waals surface area (Å²) in [6, 6.07) is 16.9. The van der Waals surface area contributed by atoms with Crippen LogP contribution in [0.5, 0.6) is 5.75 Å². The van der Waals surface area contributed by atoms with E-state index < -0.39 is 0 Å². The molecule has 0 bridgehead atoms. The topological polar surface area (TPSA) is 24.5 Å². The van der Waals surface area contributed by atoms with Crippen molar-refractivity contribution in [1.29, 1.82) is 0 Å². The largest absolute Gasteiger partial charge is 0.473 e. The van der Waals surface area contributed by atoms with Gasteiger partial charge in [0.2, 0.25) is 0 Å². The molecule has 0 amide bonds. The van der Waals surface area contributed by atoms with Gasteiger partial charge in [-0.15, -0.1) is 0 Å². The van der Waals surface area contributed by atoms with Crippen molar-refractivity contribution in [2.45, 2.75) is 18.7 Å². The van der Waals surface area contributed by atoms with Crippen molar-refractivity contribution in [2.75, 3.05) is 12.0 Å². The van der Waals surface area contributed by atoms with Crippen LogP contribution in [0, 0.1) is 0 Å². The SMILES string of the molecule is CSCC[C@H]1Oc2ccccc2[C@@H]2C=C(c3cccc(Br)c3)NN12. The maximum atomic E-state index is 6.26. The number of ether oxygens (including phenoxy) is 1. The van der Waals surface area contributed by atoms with Gasteiger partial charge in [-0.3, -0.25) is 0 Å². The van der Waals surface area contributed by atoms with E-state index in [2.05, 4.69) is 75.1 Å². The molecule has 0 aliphatic carbocycles. The Balaban J connectivity index is 1.70. The van der Waals surface area contributed by atoms with E-state index in [9.17, 15) is 0 Å². The molecule has 2 atom stereocenters. The lowest BCUT2D eigenvalue weighted by molar-refractivity contribution is -0.0313. The molecule has 0 fully saturated rings. The second kappa shape index (κ2) is 6.82. The van der Waals surface area contributed by atoms with E-state index in [1.807, 2.05) is 23.9 Å². The zero-order chi connectivity index (χ0) is 16.5. The molecule has 0 saturated heterocycles. The van der Waals surface area contributed by atoms with E-state index in [1.54, 1.807) is 0 Å². The normalized spacial score (nSPS) is 22.2. The lowest BCUT2D eigenvalue weighted by Gasteiger charge is -2.38. The molecule has 0 saturated carbocycles. The van der Waals surface area contributed by atoms with Gasteiger partial charge in [0, 0.05) is 16.5 Å². The van der Waals surface area contributed by atoms with Crippen LogP contribution in [0.1, 0.15) is 23.6 Å². The number of thioether (sulfide) groups is 1. The summed E-state index contributed by atoms with van der Waals surface area (Å²) >= 11 is 5.41. The molecular weight excluding hydrogens is 384 g/mol. The van der Waals surface area contributed by atoms with Gasteiger partial charge in [-0.25, -0.2) is 0 Å². The number of fused-ring (bicyclic) bond motifs is 3. The molecule has 124 valence electrons. The summed E-state index contributed by atoms with van der Waals surface area (Å²) < 4.78 is 7.35. The first-order valence-electron chi connectivity index (χ1n) is 8.03. The van der Waals surface area contributed by atoms with Gasteiger partial charge >= 0.3 is 0 Å². The molecule has 0 aromatic heterocycles. The fourth-order valence-corrected chi connectivity index (χ4v) is 4.08. The highest BCUT2D eigenvalue weighted by atomic mass is 79.9. The minimum Gasteiger partial charge on any atom is -0.473 e.